The zero-order valence-electron chi connectivity index (χ0n) is 11.3. The molecular formula is C15H20N2O2. The number of carbonyl (C=O) groups excluding carboxylic acids is 1. The molecule has 19 heavy (non-hydrogen) atoms. The van der Waals surface area contributed by atoms with E-state index in [1.807, 2.05) is 12.1 Å². The Bertz CT molecular complexity index is 459. The first-order valence-corrected chi connectivity index (χ1v) is 7.02. The Morgan fingerprint density at radius 2 is 2.11 bits per heavy atom. The summed E-state index contributed by atoms with van der Waals surface area (Å²) in [4.78, 5) is 18.4. The van der Waals surface area contributed by atoms with Crippen LogP contribution in [0, 0.1) is 0 Å². The molecule has 0 aliphatic carbocycles. The first kappa shape index (κ1) is 12.6. The zero-order valence-corrected chi connectivity index (χ0v) is 11.3. The highest BCUT2D eigenvalue weighted by Crippen LogP contribution is 2.33. The third-order valence-corrected chi connectivity index (χ3v) is 4.31. The molecule has 4 heteroatoms. The lowest BCUT2D eigenvalue weighted by Gasteiger charge is -2.45. The highest BCUT2D eigenvalue weighted by molar-refractivity contribution is 5.80. The minimum atomic E-state index is 0.443. The number of hydrogen-bond acceptors (Lipinski definition) is 4. The number of fused-ring (bicyclic) bond motifs is 2. The highest BCUT2D eigenvalue weighted by atomic mass is 16.5. The molecule has 2 unspecified atom stereocenters. The molecule has 0 saturated carbocycles. The number of pyridine rings is 1. The smallest absolute Gasteiger partial charge is 0.213 e. The molecule has 102 valence electrons. The van der Waals surface area contributed by atoms with Crippen molar-refractivity contribution in [3.63, 3.8) is 0 Å². The third-order valence-electron chi connectivity index (χ3n) is 4.31. The summed E-state index contributed by atoms with van der Waals surface area (Å²) in [5.74, 6) is 1.11. The Balaban J connectivity index is 1.76. The third kappa shape index (κ3) is 2.63. The molecule has 2 bridgehead atoms. The van der Waals surface area contributed by atoms with Crippen molar-refractivity contribution in [1.29, 1.82) is 0 Å². The summed E-state index contributed by atoms with van der Waals surface area (Å²) in [6, 6.07) is 4.92. The van der Waals surface area contributed by atoms with E-state index in [4.69, 9.17) is 4.74 Å². The zero-order chi connectivity index (χ0) is 13.2. The molecule has 0 amide bonds. The number of aromatic nitrogens is 1. The van der Waals surface area contributed by atoms with E-state index in [-0.39, 0.29) is 0 Å². The molecule has 2 saturated heterocycles. The predicted octanol–water partition coefficient (Wildman–Crippen LogP) is 2.18. The van der Waals surface area contributed by atoms with E-state index >= 15 is 0 Å². The molecular weight excluding hydrogens is 240 g/mol. The van der Waals surface area contributed by atoms with Crippen molar-refractivity contribution in [2.24, 2.45) is 0 Å². The largest absolute Gasteiger partial charge is 0.481 e. The molecule has 2 aliphatic rings. The van der Waals surface area contributed by atoms with Gasteiger partial charge in [0, 0.05) is 43.7 Å². The summed E-state index contributed by atoms with van der Waals surface area (Å²) in [6.07, 6.45) is 6.84. The second-order valence-electron chi connectivity index (χ2n) is 5.56. The van der Waals surface area contributed by atoms with Crippen LogP contribution in [0.5, 0.6) is 5.88 Å². The van der Waals surface area contributed by atoms with Gasteiger partial charge in [-0.05, 0) is 24.5 Å². The molecule has 0 N–H and O–H groups in total. The van der Waals surface area contributed by atoms with Crippen molar-refractivity contribution >= 4 is 5.78 Å². The van der Waals surface area contributed by atoms with Crippen LogP contribution in [0.2, 0.25) is 0 Å². The summed E-state index contributed by atoms with van der Waals surface area (Å²) < 4.78 is 5.17. The quantitative estimate of drug-likeness (QED) is 0.835. The average molecular weight is 260 g/mol. The molecule has 2 atom stereocenters. The summed E-state index contributed by atoms with van der Waals surface area (Å²) in [7, 11) is 1.64. The maximum absolute atomic E-state index is 11.7. The van der Waals surface area contributed by atoms with E-state index in [0.717, 1.165) is 32.2 Å². The maximum Gasteiger partial charge on any atom is 0.213 e. The van der Waals surface area contributed by atoms with E-state index in [2.05, 4.69) is 9.88 Å². The molecule has 0 spiro atoms. The van der Waals surface area contributed by atoms with Crippen LogP contribution in [0.1, 0.15) is 37.7 Å². The summed E-state index contributed by atoms with van der Waals surface area (Å²) in [5.41, 5.74) is 1.22. The van der Waals surface area contributed by atoms with Crippen molar-refractivity contribution < 1.29 is 9.53 Å². The Morgan fingerprint density at radius 3 is 2.79 bits per heavy atom. The van der Waals surface area contributed by atoms with Crippen molar-refractivity contribution in [2.75, 3.05) is 7.11 Å². The van der Waals surface area contributed by atoms with Crippen molar-refractivity contribution in [2.45, 2.75) is 50.7 Å². The second-order valence-corrected chi connectivity index (χ2v) is 5.56. The van der Waals surface area contributed by atoms with E-state index in [9.17, 15) is 4.79 Å². The van der Waals surface area contributed by atoms with Crippen LogP contribution in [0.25, 0.3) is 0 Å². The normalized spacial score (nSPS) is 27.3. The average Bonchev–Trinajstić information content (AvgIpc) is 2.40. The molecule has 3 heterocycles. The van der Waals surface area contributed by atoms with Gasteiger partial charge in [-0.15, -0.1) is 0 Å². The number of hydrogen-bond donors (Lipinski definition) is 0. The van der Waals surface area contributed by atoms with Gasteiger partial charge in [0.2, 0.25) is 5.88 Å². The number of rotatable bonds is 3. The predicted molar refractivity (Wildman–Crippen MR) is 72.0 cm³/mol. The van der Waals surface area contributed by atoms with Gasteiger partial charge in [0.1, 0.15) is 5.78 Å². The first-order chi connectivity index (χ1) is 9.26. The lowest BCUT2D eigenvalue weighted by molar-refractivity contribution is -0.127. The van der Waals surface area contributed by atoms with Gasteiger partial charge in [-0.2, -0.15) is 0 Å². The van der Waals surface area contributed by atoms with Gasteiger partial charge in [-0.3, -0.25) is 9.69 Å². The van der Waals surface area contributed by atoms with E-state index in [1.165, 1.54) is 12.0 Å². The Labute approximate surface area is 113 Å². The Hall–Kier alpha value is -1.42. The minimum Gasteiger partial charge on any atom is -0.481 e. The van der Waals surface area contributed by atoms with Gasteiger partial charge in [-0.1, -0.05) is 6.42 Å². The number of ketones is 1. The van der Waals surface area contributed by atoms with Gasteiger partial charge in [0.05, 0.1) is 7.11 Å². The van der Waals surface area contributed by atoms with Crippen LogP contribution in [0.15, 0.2) is 18.3 Å². The summed E-state index contributed by atoms with van der Waals surface area (Å²) >= 11 is 0. The van der Waals surface area contributed by atoms with Crippen LogP contribution < -0.4 is 4.74 Å². The molecule has 3 rings (SSSR count). The number of methoxy groups -OCH3 is 1. The number of Topliss-reactive ketones (excluding diaryl/α,β-unsaturated/α-hetero) is 1. The van der Waals surface area contributed by atoms with Gasteiger partial charge in [0.25, 0.3) is 0 Å². The highest BCUT2D eigenvalue weighted by Gasteiger charge is 2.37. The lowest BCUT2D eigenvalue weighted by Crippen LogP contribution is -2.51. The second kappa shape index (κ2) is 5.29. The first-order valence-electron chi connectivity index (χ1n) is 7.02. The number of nitrogens with zero attached hydrogens (tertiary/aromatic N) is 2. The minimum absolute atomic E-state index is 0.443. The molecule has 1 aromatic heterocycles. The van der Waals surface area contributed by atoms with Crippen molar-refractivity contribution in [1.82, 2.24) is 9.88 Å². The van der Waals surface area contributed by atoms with E-state index < -0.39 is 0 Å². The maximum atomic E-state index is 11.7. The molecule has 1 aromatic rings. The van der Waals surface area contributed by atoms with Gasteiger partial charge in [0.15, 0.2) is 0 Å². The van der Waals surface area contributed by atoms with Gasteiger partial charge < -0.3 is 4.74 Å². The van der Waals surface area contributed by atoms with E-state index in [0.29, 0.717) is 23.7 Å². The van der Waals surface area contributed by atoms with Crippen LogP contribution >= 0.6 is 0 Å². The number of ether oxygens (including phenoxy) is 1. The van der Waals surface area contributed by atoms with E-state index in [1.54, 1.807) is 13.3 Å². The number of carbonyl (C=O) groups is 1. The van der Waals surface area contributed by atoms with Crippen molar-refractivity contribution in [3.05, 3.63) is 23.9 Å². The molecule has 2 aliphatic heterocycles. The SMILES string of the molecule is COc1cc(CN2C3CCCC2CC(=O)C3)ccn1. The Kier molecular flexibility index (Phi) is 3.51. The summed E-state index contributed by atoms with van der Waals surface area (Å²) in [5, 5.41) is 0. The molecule has 0 aromatic carbocycles. The fraction of sp³-hybridized carbons (Fsp3) is 0.600. The fourth-order valence-corrected chi connectivity index (χ4v) is 3.40. The van der Waals surface area contributed by atoms with Crippen molar-refractivity contribution in [3.8, 4) is 5.88 Å². The van der Waals surface area contributed by atoms with Gasteiger partial charge in [-0.25, -0.2) is 4.98 Å². The van der Waals surface area contributed by atoms with Gasteiger partial charge >= 0.3 is 0 Å². The van der Waals surface area contributed by atoms with Crippen LogP contribution in [0.4, 0.5) is 0 Å². The van der Waals surface area contributed by atoms with Crippen LogP contribution in [-0.2, 0) is 11.3 Å². The topological polar surface area (TPSA) is 42.4 Å². The van der Waals surface area contributed by atoms with Crippen LogP contribution in [-0.4, -0.2) is 34.9 Å². The van der Waals surface area contributed by atoms with Crippen LogP contribution in [0.3, 0.4) is 0 Å². The monoisotopic (exact) mass is 260 g/mol. The molecule has 4 nitrogen and oxygen atoms in total. The fourth-order valence-electron chi connectivity index (χ4n) is 3.40. The summed E-state index contributed by atoms with van der Waals surface area (Å²) in [6.45, 7) is 0.904. The lowest BCUT2D eigenvalue weighted by atomic mass is 9.83. The standard InChI is InChI=1S/C15H20N2O2/c1-19-15-7-11(5-6-16-15)10-17-12-3-2-4-13(17)9-14(18)8-12/h5-7,12-13H,2-4,8-10H2,1H3. The molecule has 2 fully saturated rings. The Morgan fingerprint density at radius 1 is 1.37 bits per heavy atom. The number of piperidine rings is 2. The molecule has 0 radical (unpaired) electrons.